The number of pyridine rings is 1. The Hall–Kier alpha value is -5.18. The number of benzene rings is 2. The Kier molecular flexibility index (Phi) is 5.79. The van der Waals surface area contributed by atoms with E-state index in [0.29, 0.717) is 47.0 Å². The molecular weight excluding hydrogens is 537 g/mol. The van der Waals surface area contributed by atoms with Gasteiger partial charge in [-0.2, -0.15) is 15.3 Å². The Balaban J connectivity index is 1.28. The van der Waals surface area contributed by atoms with E-state index in [4.69, 9.17) is 15.5 Å². The molecule has 1 atom stereocenters. The number of anilines is 3. The zero-order valence-electron chi connectivity index (χ0n) is 23.1. The van der Waals surface area contributed by atoms with Gasteiger partial charge in [0.05, 0.1) is 46.9 Å². The molecule has 4 heterocycles. The number of nitrogens with two attached hydrogens (primary N) is 1. The van der Waals surface area contributed by atoms with Gasteiger partial charge in [0.25, 0.3) is 5.56 Å². The molecule has 1 aliphatic carbocycles. The van der Waals surface area contributed by atoms with Crippen LogP contribution in [0, 0.1) is 17.1 Å². The monoisotopic (exact) mass is 565 g/mol. The molecule has 0 radical (unpaired) electrons. The third kappa shape index (κ3) is 3.92. The molecule has 0 spiro atoms. The standard InChI is InChI=1S/C30H28FN9O2/c1-38-14-20(42-23-12-18(31)6-9-22(23)38)15-39(2)29-34-13-21-25-24(26(33)37-36-25)28(41)40(27(21)35-29)19-7-4-17(5-8-19)30(16-32)10-3-11-30/h4-9,12-13,20H,3,10-11,14-15H2,1-2H3,(H3,33,36,37)/t20-/m1/s1. The average molecular weight is 566 g/mol. The molecular formula is C30H28FN9O2. The van der Waals surface area contributed by atoms with E-state index in [2.05, 4.69) is 21.3 Å². The van der Waals surface area contributed by atoms with Gasteiger partial charge in [0.2, 0.25) is 5.95 Å². The SMILES string of the molecule is CN(C[C@H]1CN(C)c2ccc(F)cc2O1)c1ncc2c3[nH]nc(N)c3c(=O)n(-c3ccc(C4(C#N)CCC4)cc3)c2n1. The van der Waals surface area contributed by atoms with Crippen molar-refractivity contribution in [2.75, 3.05) is 42.7 Å². The lowest BCUT2D eigenvalue weighted by Crippen LogP contribution is -2.44. The first-order valence-electron chi connectivity index (χ1n) is 13.7. The van der Waals surface area contributed by atoms with Gasteiger partial charge in [-0.05, 0) is 49.1 Å². The highest BCUT2D eigenvalue weighted by molar-refractivity contribution is 6.05. The van der Waals surface area contributed by atoms with E-state index < -0.39 is 5.41 Å². The summed E-state index contributed by atoms with van der Waals surface area (Å²) in [4.78, 5) is 27.2. The van der Waals surface area contributed by atoms with Gasteiger partial charge in [0, 0.05) is 26.4 Å². The van der Waals surface area contributed by atoms with Gasteiger partial charge in [-0.15, -0.1) is 0 Å². The summed E-state index contributed by atoms with van der Waals surface area (Å²) in [7, 11) is 3.78. The Morgan fingerprint density at radius 3 is 2.76 bits per heavy atom. The van der Waals surface area contributed by atoms with E-state index in [1.165, 1.54) is 16.7 Å². The molecule has 212 valence electrons. The number of nitrogens with one attached hydrogen (secondary N) is 1. The largest absolute Gasteiger partial charge is 0.484 e. The van der Waals surface area contributed by atoms with Crippen LogP contribution in [0.3, 0.4) is 0 Å². The molecule has 0 saturated heterocycles. The van der Waals surface area contributed by atoms with Crippen molar-refractivity contribution in [1.82, 2.24) is 24.7 Å². The molecule has 12 heteroatoms. The summed E-state index contributed by atoms with van der Waals surface area (Å²) in [6.07, 6.45) is 4.04. The van der Waals surface area contributed by atoms with Crippen molar-refractivity contribution >= 4 is 39.4 Å². The molecule has 1 aliphatic heterocycles. The van der Waals surface area contributed by atoms with Gasteiger partial charge in [-0.1, -0.05) is 12.1 Å². The van der Waals surface area contributed by atoms with Gasteiger partial charge in [0.1, 0.15) is 23.1 Å². The van der Waals surface area contributed by atoms with Crippen molar-refractivity contribution in [1.29, 1.82) is 5.26 Å². The molecule has 1 fully saturated rings. The van der Waals surface area contributed by atoms with Crippen molar-refractivity contribution in [2.45, 2.75) is 30.8 Å². The van der Waals surface area contributed by atoms with Crippen molar-refractivity contribution in [3.63, 3.8) is 0 Å². The predicted molar refractivity (Wildman–Crippen MR) is 158 cm³/mol. The second-order valence-corrected chi connectivity index (χ2v) is 11.1. The number of nitrogen functional groups attached to an aromatic ring is 1. The lowest BCUT2D eigenvalue weighted by atomic mass is 9.65. The first-order valence-corrected chi connectivity index (χ1v) is 13.7. The van der Waals surface area contributed by atoms with Crippen LogP contribution >= 0.6 is 0 Å². The van der Waals surface area contributed by atoms with Gasteiger partial charge < -0.3 is 20.3 Å². The Morgan fingerprint density at radius 1 is 1.26 bits per heavy atom. The van der Waals surface area contributed by atoms with Crippen molar-refractivity contribution in [3.05, 3.63) is 70.4 Å². The summed E-state index contributed by atoms with van der Waals surface area (Å²) in [6.45, 7) is 1.01. The molecule has 11 nitrogen and oxygen atoms in total. The van der Waals surface area contributed by atoms with Crippen LogP contribution in [-0.4, -0.2) is 58.0 Å². The van der Waals surface area contributed by atoms with Crippen molar-refractivity contribution < 1.29 is 9.13 Å². The Morgan fingerprint density at radius 2 is 2.05 bits per heavy atom. The molecule has 5 aromatic rings. The third-order valence-electron chi connectivity index (χ3n) is 8.47. The molecule has 7 rings (SSSR count). The fraction of sp³-hybridized carbons (Fsp3) is 0.300. The van der Waals surface area contributed by atoms with E-state index >= 15 is 0 Å². The molecule has 0 unspecified atom stereocenters. The number of likely N-dealkylation sites (N-methyl/N-ethyl adjacent to an activating group) is 2. The first kappa shape index (κ1) is 25.8. The summed E-state index contributed by atoms with van der Waals surface area (Å²) in [5, 5.41) is 17.6. The first-order chi connectivity index (χ1) is 20.3. The van der Waals surface area contributed by atoms with Crippen LogP contribution in [0.25, 0.3) is 27.6 Å². The van der Waals surface area contributed by atoms with Crippen LogP contribution in [0.1, 0.15) is 24.8 Å². The van der Waals surface area contributed by atoms with Gasteiger partial charge in [-0.25, -0.2) is 9.37 Å². The van der Waals surface area contributed by atoms with Gasteiger partial charge in [-0.3, -0.25) is 14.5 Å². The molecule has 3 aromatic heterocycles. The maximum absolute atomic E-state index is 13.9. The summed E-state index contributed by atoms with van der Waals surface area (Å²) >= 11 is 0. The molecule has 42 heavy (non-hydrogen) atoms. The van der Waals surface area contributed by atoms with Crippen LogP contribution in [0.2, 0.25) is 0 Å². The molecule has 0 amide bonds. The molecule has 3 N–H and O–H groups in total. The zero-order valence-corrected chi connectivity index (χ0v) is 23.1. The van der Waals surface area contributed by atoms with E-state index in [1.807, 2.05) is 48.2 Å². The number of nitriles is 1. The fourth-order valence-electron chi connectivity index (χ4n) is 6.03. The molecule has 0 bridgehead atoms. The quantitative estimate of drug-likeness (QED) is 0.326. The molecule has 2 aliphatic rings. The summed E-state index contributed by atoms with van der Waals surface area (Å²) in [6, 6.07) is 14.5. The number of aromatic nitrogens is 5. The summed E-state index contributed by atoms with van der Waals surface area (Å²) in [5.41, 5.74) is 8.46. The lowest BCUT2D eigenvalue weighted by Gasteiger charge is -2.35. The number of nitrogens with zero attached hydrogens (tertiary/aromatic N) is 7. The van der Waals surface area contributed by atoms with Crippen LogP contribution < -0.4 is 25.8 Å². The second-order valence-electron chi connectivity index (χ2n) is 11.1. The van der Waals surface area contributed by atoms with Crippen LogP contribution in [-0.2, 0) is 5.41 Å². The zero-order chi connectivity index (χ0) is 29.2. The molecule has 2 aromatic carbocycles. The number of hydrogen-bond donors (Lipinski definition) is 2. The summed E-state index contributed by atoms with van der Waals surface area (Å²) in [5.74, 6) is 0.601. The van der Waals surface area contributed by atoms with E-state index in [9.17, 15) is 14.4 Å². The number of aromatic amines is 1. The van der Waals surface area contributed by atoms with Crippen molar-refractivity contribution in [2.24, 2.45) is 0 Å². The van der Waals surface area contributed by atoms with Gasteiger partial charge >= 0.3 is 0 Å². The highest BCUT2D eigenvalue weighted by atomic mass is 19.1. The third-order valence-corrected chi connectivity index (χ3v) is 8.47. The van der Waals surface area contributed by atoms with E-state index in [0.717, 1.165) is 30.5 Å². The number of fused-ring (bicyclic) bond motifs is 4. The smallest absolute Gasteiger partial charge is 0.270 e. The maximum atomic E-state index is 13.9. The normalized spacial score (nSPS) is 17.4. The minimum Gasteiger partial charge on any atom is -0.484 e. The van der Waals surface area contributed by atoms with Crippen LogP contribution in [0.4, 0.5) is 21.8 Å². The van der Waals surface area contributed by atoms with Crippen molar-refractivity contribution in [3.8, 4) is 17.5 Å². The topological polar surface area (TPSA) is 142 Å². The maximum Gasteiger partial charge on any atom is 0.270 e. The van der Waals surface area contributed by atoms with E-state index in [1.54, 1.807) is 12.3 Å². The number of H-pyrrole nitrogens is 1. The highest BCUT2D eigenvalue weighted by Crippen LogP contribution is 2.43. The average Bonchev–Trinajstić information content (AvgIpc) is 3.35. The van der Waals surface area contributed by atoms with Gasteiger partial charge in [0.15, 0.2) is 11.5 Å². The number of ether oxygens (including phenoxy) is 1. The second kappa shape index (κ2) is 9.44. The lowest BCUT2D eigenvalue weighted by molar-refractivity contribution is 0.201. The number of rotatable bonds is 5. The number of hydrogen-bond acceptors (Lipinski definition) is 9. The minimum atomic E-state index is -0.468. The van der Waals surface area contributed by atoms with Crippen LogP contribution in [0.5, 0.6) is 5.75 Å². The summed E-state index contributed by atoms with van der Waals surface area (Å²) < 4.78 is 21.5. The minimum absolute atomic E-state index is 0.0941. The fourth-order valence-corrected chi connectivity index (χ4v) is 6.03. The Bertz CT molecular complexity index is 1960. The van der Waals surface area contributed by atoms with E-state index in [-0.39, 0.29) is 28.7 Å². The highest BCUT2D eigenvalue weighted by Gasteiger charge is 2.39. The Labute approximate surface area is 240 Å². The predicted octanol–water partition coefficient (Wildman–Crippen LogP) is 3.66. The number of halogens is 1. The van der Waals surface area contributed by atoms with Crippen LogP contribution in [0.15, 0.2) is 53.5 Å². The molecule has 1 saturated carbocycles.